The molecular weight excluding hydrogens is 276 g/mol. The Labute approximate surface area is 124 Å². The lowest BCUT2D eigenvalue weighted by molar-refractivity contribution is -0.174. The van der Waals surface area contributed by atoms with E-state index >= 15 is 0 Å². The molecule has 21 heavy (non-hydrogen) atoms. The molecule has 6 nitrogen and oxygen atoms in total. The van der Waals surface area contributed by atoms with Gasteiger partial charge in [0, 0.05) is 13.2 Å². The Balaban J connectivity index is 1.95. The minimum atomic E-state index is -0.477. The van der Waals surface area contributed by atoms with Crippen LogP contribution in [0.15, 0.2) is 12.2 Å². The summed E-state index contributed by atoms with van der Waals surface area (Å²) in [6.07, 6.45) is 4.77. The van der Waals surface area contributed by atoms with Gasteiger partial charge >= 0.3 is 11.9 Å². The molecule has 2 bridgehead atoms. The normalized spacial score (nSPS) is 29.6. The summed E-state index contributed by atoms with van der Waals surface area (Å²) in [7, 11) is 0. The molecule has 1 fully saturated rings. The van der Waals surface area contributed by atoms with E-state index in [0.717, 1.165) is 6.42 Å². The van der Waals surface area contributed by atoms with Gasteiger partial charge in [-0.2, -0.15) is 0 Å². The second-order valence-corrected chi connectivity index (χ2v) is 5.15. The molecular formula is C15H22O6. The van der Waals surface area contributed by atoms with E-state index in [4.69, 9.17) is 18.9 Å². The highest BCUT2D eigenvalue weighted by Gasteiger charge is 2.53. The van der Waals surface area contributed by atoms with Crippen LogP contribution in [-0.2, 0) is 28.5 Å². The first-order valence-electron chi connectivity index (χ1n) is 7.36. The molecule has 0 amide bonds. The lowest BCUT2D eigenvalue weighted by Gasteiger charge is -2.24. The van der Waals surface area contributed by atoms with Crippen LogP contribution in [-0.4, -0.2) is 38.7 Å². The summed E-state index contributed by atoms with van der Waals surface area (Å²) in [6.45, 7) is 4.44. The van der Waals surface area contributed by atoms with Gasteiger partial charge < -0.3 is 18.9 Å². The fraction of sp³-hybridized carbons (Fsp3) is 0.733. The molecule has 0 aliphatic heterocycles. The average Bonchev–Trinajstić information content (AvgIpc) is 3.08. The third-order valence-electron chi connectivity index (χ3n) is 3.98. The van der Waals surface area contributed by atoms with Crippen molar-refractivity contribution in [1.29, 1.82) is 0 Å². The summed E-state index contributed by atoms with van der Waals surface area (Å²) in [5, 5.41) is 0. The Kier molecular flexibility index (Phi) is 5.76. The van der Waals surface area contributed by atoms with Gasteiger partial charge in [0.2, 0.25) is 0 Å². The van der Waals surface area contributed by atoms with Gasteiger partial charge in [-0.1, -0.05) is 12.2 Å². The zero-order valence-corrected chi connectivity index (χ0v) is 12.4. The van der Waals surface area contributed by atoms with Crippen molar-refractivity contribution in [2.45, 2.75) is 20.3 Å². The fourth-order valence-electron chi connectivity index (χ4n) is 3.02. The van der Waals surface area contributed by atoms with Gasteiger partial charge in [-0.3, -0.25) is 9.59 Å². The molecule has 0 aromatic carbocycles. The predicted molar refractivity (Wildman–Crippen MR) is 72.9 cm³/mol. The fourth-order valence-corrected chi connectivity index (χ4v) is 3.02. The lowest BCUT2D eigenvalue weighted by Crippen LogP contribution is -2.36. The first-order chi connectivity index (χ1) is 10.2. The van der Waals surface area contributed by atoms with Crippen molar-refractivity contribution in [3.05, 3.63) is 12.2 Å². The topological polar surface area (TPSA) is 71.1 Å². The number of fused-ring (bicyclic) bond motifs is 2. The summed E-state index contributed by atoms with van der Waals surface area (Å²) >= 11 is 0. The van der Waals surface area contributed by atoms with Crippen molar-refractivity contribution in [3.63, 3.8) is 0 Å². The van der Waals surface area contributed by atoms with Gasteiger partial charge in [0.15, 0.2) is 13.6 Å². The van der Waals surface area contributed by atoms with Crippen LogP contribution in [0.2, 0.25) is 0 Å². The standard InChI is InChI=1S/C15H22O6/c1-3-18-8-20-14(16)12-10-5-6-11(7-10)13(12)15(17)21-9-19-4-2/h5-6,10-13H,3-4,7-9H2,1-2H3. The van der Waals surface area contributed by atoms with Crippen molar-refractivity contribution in [2.75, 3.05) is 26.8 Å². The first kappa shape index (κ1) is 16.0. The second-order valence-electron chi connectivity index (χ2n) is 5.15. The molecule has 6 heteroatoms. The number of carbonyl (C=O) groups is 2. The van der Waals surface area contributed by atoms with Gasteiger partial charge in [0.25, 0.3) is 0 Å². The Morgan fingerprint density at radius 1 is 0.905 bits per heavy atom. The molecule has 0 spiro atoms. The number of ether oxygens (including phenoxy) is 4. The maximum atomic E-state index is 12.2. The molecule has 0 saturated heterocycles. The van der Waals surface area contributed by atoms with Crippen molar-refractivity contribution >= 4 is 11.9 Å². The molecule has 1 saturated carbocycles. The summed E-state index contributed by atoms with van der Waals surface area (Å²) in [5.74, 6) is -1.64. The largest absolute Gasteiger partial charge is 0.438 e. The quantitative estimate of drug-likeness (QED) is 0.293. The van der Waals surface area contributed by atoms with Crippen molar-refractivity contribution < 1.29 is 28.5 Å². The van der Waals surface area contributed by atoms with Crippen molar-refractivity contribution in [1.82, 2.24) is 0 Å². The van der Waals surface area contributed by atoms with Crippen LogP contribution in [0, 0.1) is 23.7 Å². The second kappa shape index (κ2) is 7.56. The van der Waals surface area contributed by atoms with Crippen LogP contribution in [0.5, 0.6) is 0 Å². The number of hydrogen-bond donors (Lipinski definition) is 0. The van der Waals surface area contributed by atoms with Crippen LogP contribution in [0.1, 0.15) is 20.3 Å². The van der Waals surface area contributed by atoms with Crippen LogP contribution < -0.4 is 0 Å². The highest BCUT2D eigenvalue weighted by atomic mass is 16.7. The number of hydrogen-bond acceptors (Lipinski definition) is 6. The van der Waals surface area contributed by atoms with E-state index in [1.54, 1.807) is 0 Å². The third-order valence-corrected chi connectivity index (χ3v) is 3.98. The van der Waals surface area contributed by atoms with E-state index in [0.29, 0.717) is 13.2 Å². The molecule has 4 unspecified atom stereocenters. The van der Waals surface area contributed by atoms with Crippen LogP contribution >= 0.6 is 0 Å². The first-order valence-corrected chi connectivity index (χ1v) is 7.36. The zero-order chi connectivity index (χ0) is 15.2. The smallest absolute Gasteiger partial charge is 0.312 e. The predicted octanol–water partition coefficient (Wildman–Crippen LogP) is 1.50. The molecule has 0 heterocycles. The van der Waals surface area contributed by atoms with E-state index < -0.39 is 23.8 Å². The molecule has 2 aliphatic carbocycles. The SMILES string of the molecule is CCOCOC(=O)C1C2C=CC(C2)C1C(=O)OCOCC. The van der Waals surface area contributed by atoms with Crippen molar-refractivity contribution in [2.24, 2.45) is 23.7 Å². The summed E-state index contributed by atoms with van der Waals surface area (Å²) in [6, 6.07) is 0. The number of allylic oxidation sites excluding steroid dienone is 2. The maximum Gasteiger partial charge on any atom is 0.312 e. The molecule has 0 aromatic heterocycles. The van der Waals surface area contributed by atoms with Gasteiger partial charge in [0.1, 0.15) is 0 Å². The minimum Gasteiger partial charge on any atom is -0.438 e. The monoisotopic (exact) mass is 298 g/mol. The number of esters is 2. The van der Waals surface area contributed by atoms with E-state index in [1.165, 1.54) is 0 Å². The third kappa shape index (κ3) is 3.63. The minimum absolute atomic E-state index is 0.0498. The molecule has 0 aromatic rings. The highest BCUT2D eigenvalue weighted by molar-refractivity contribution is 5.84. The average molecular weight is 298 g/mol. The van der Waals surface area contributed by atoms with Gasteiger partial charge in [-0.05, 0) is 32.1 Å². The van der Waals surface area contributed by atoms with E-state index in [2.05, 4.69) is 0 Å². The van der Waals surface area contributed by atoms with Crippen LogP contribution in [0.4, 0.5) is 0 Å². The Morgan fingerprint density at radius 3 is 1.71 bits per heavy atom. The molecule has 2 aliphatic rings. The maximum absolute atomic E-state index is 12.2. The summed E-state index contributed by atoms with van der Waals surface area (Å²) in [5.41, 5.74) is 0. The summed E-state index contributed by atoms with van der Waals surface area (Å²) in [4.78, 5) is 24.4. The number of carbonyl (C=O) groups excluding carboxylic acids is 2. The zero-order valence-electron chi connectivity index (χ0n) is 12.4. The van der Waals surface area contributed by atoms with E-state index in [-0.39, 0.29) is 25.4 Å². The van der Waals surface area contributed by atoms with Crippen molar-refractivity contribution in [3.8, 4) is 0 Å². The molecule has 0 N–H and O–H groups in total. The lowest BCUT2D eigenvalue weighted by atomic mass is 9.83. The molecule has 118 valence electrons. The summed E-state index contributed by atoms with van der Waals surface area (Å²) < 4.78 is 20.2. The van der Waals surface area contributed by atoms with Gasteiger partial charge in [-0.15, -0.1) is 0 Å². The highest BCUT2D eigenvalue weighted by Crippen LogP contribution is 2.48. The van der Waals surface area contributed by atoms with Gasteiger partial charge in [0.05, 0.1) is 11.8 Å². The van der Waals surface area contributed by atoms with Gasteiger partial charge in [-0.25, -0.2) is 0 Å². The molecule has 4 atom stereocenters. The van der Waals surface area contributed by atoms with E-state index in [1.807, 2.05) is 26.0 Å². The Bertz CT molecular complexity index is 369. The molecule has 2 rings (SSSR count). The molecule has 0 radical (unpaired) electrons. The Hall–Kier alpha value is -1.40. The Morgan fingerprint density at radius 2 is 1.33 bits per heavy atom. The van der Waals surface area contributed by atoms with E-state index in [9.17, 15) is 9.59 Å². The number of rotatable bonds is 8. The van der Waals surface area contributed by atoms with Crippen LogP contribution in [0.25, 0.3) is 0 Å². The van der Waals surface area contributed by atoms with Crippen LogP contribution in [0.3, 0.4) is 0 Å².